The Labute approximate surface area is 196 Å². The van der Waals surface area contributed by atoms with Gasteiger partial charge in [0.25, 0.3) is 5.91 Å². The molecule has 5 rings (SSSR count). The summed E-state index contributed by atoms with van der Waals surface area (Å²) in [6, 6.07) is 15.6. The molecule has 0 radical (unpaired) electrons. The van der Waals surface area contributed by atoms with Crippen LogP contribution in [0.5, 0.6) is 17.2 Å². The summed E-state index contributed by atoms with van der Waals surface area (Å²) in [7, 11) is 4.91. The Kier molecular flexibility index (Phi) is 5.68. The maximum atomic E-state index is 13.4. The minimum absolute atomic E-state index is 0.00936. The third-order valence-corrected chi connectivity index (χ3v) is 7.17. The standard InChI is InChI=1S/C25H25N3O4S/c1-30-19-8-9-20(31-2)23-22(19)26-25(33-23)28-12-10-27(11-13-28)24(29)18-14-16-6-4-5-7-17(16)15-21(18)32-3/h4-9,14-15H,10-13H2,1-3H3. The number of carbonyl (C=O) groups excluding carboxylic acids is 1. The van der Waals surface area contributed by atoms with Crippen molar-refractivity contribution in [2.24, 2.45) is 0 Å². The number of fused-ring (bicyclic) bond motifs is 2. The molecule has 1 aliphatic heterocycles. The number of nitrogens with zero attached hydrogens (tertiary/aromatic N) is 3. The highest BCUT2D eigenvalue weighted by molar-refractivity contribution is 7.22. The second kappa shape index (κ2) is 8.78. The molecule has 0 spiro atoms. The number of rotatable bonds is 5. The van der Waals surface area contributed by atoms with Crippen LogP contribution in [0, 0.1) is 0 Å². The first-order valence-electron chi connectivity index (χ1n) is 10.8. The van der Waals surface area contributed by atoms with E-state index in [1.165, 1.54) is 0 Å². The van der Waals surface area contributed by atoms with E-state index in [9.17, 15) is 4.79 Å². The minimum atomic E-state index is -0.00936. The van der Waals surface area contributed by atoms with E-state index in [4.69, 9.17) is 19.2 Å². The van der Waals surface area contributed by atoms with Gasteiger partial charge in [-0.15, -0.1) is 0 Å². The topological polar surface area (TPSA) is 64.1 Å². The summed E-state index contributed by atoms with van der Waals surface area (Å²) in [5.41, 5.74) is 1.40. The average molecular weight is 464 g/mol. The molecule has 0 saturated carbocycles. The maximum Gasteiger partial charge on any atom is 0.257 e. The molecule has 170 valence electrons. The van der Waals surface area contributed by atoms with Gasteiger partial charge in [-0.05, 0) is 35.0 Å². The Bertz CT molecular complexity index is 1290. The largest absolute Gasteiger partial charge is 0.496 e. The number of methoxy groups -OCH3 is 3. The van der Waals surface area contributed by atoms with Crippen LogP contribution in [0.4, 0.5) is 5.13 Å². The number of piperazine rings is 1. The number of hydrogen-bond acceptors (Lipinski definition) is 7. The zero-order chi connectivity index (χ0) is 22.9. The van der Waals surface area contributed by atoms with Crippen LogP contribution in [-0.2, 0) is 0 Å². The molecular weight excluding hydrogens is 438 g/mol. The SMILES string of the molecule is COc1cc2ccccc2cc1C(=O)N1CCN(c2nc3c(OC)ccc(OC)c3s2)CC1. The summed E-state index contributed by atoms with van der Waals surface area (Å²) in [4.78, 5) is 22.3. The molecule has 4 aromatic rings. The highest BCUT2D eigenvalue weighted by atomic mass is 32.1. The Balaban J connectivity index is 1.36. The van der Waals surface area contributed by atoms with Crippen molar-refractivity contribution < 1.29 is 19.0 Å². The van der Waals surface area contributed by atoms with Crippen molar-refractivity contribution in [3.8, 4) is 17.2 Å². The van der Waals surface area contributed by atoms with Crippen LogP contribution in [0.25, 0.3) is 21.0 Å². The highest BCUT2D eigenvalue weighted by Crippen LogP contribution is 2.40. The zero-order valence-electron chi connectivity index (χ0n) is 18.8. The van der Waals surface area contributed by atoms with Crippen molar-refractivity contribution >= 4 is 43.4 Å². The number of hydrogen-bond donors (Lipinski definition) is 0. The predicted molar refractivity (Wildman–Crippen MR) is 131 cm³/mol. The van der Waals surface area contributed by atoms with Gasteiger partial charge in [-0.3, -0.25) is 4.79 Å². The fraction of sp³-hybridized carbons (Fsp3) is 0.280. The molecule has 0 N–H and O–H groups in total. The van der Waals surface area contributed by atoms with Crippen LogP contribution in [0.1, 0.15) is 10.4 Å². The van der Waals surface area contributed by atoms with Gasteiger partial charge in [-0.1, -0.05) is 35.6 Å². The molecule has 2 heterocycles. The summed E-state index contributed by atoms with van der Waals surface area (Å²) in [6.45, 7) is 2.62. The Morgan fingerprint density at radius 3 is 2.15 bits per heavy atom. The molecule has 1 amide bonds. The van der Waals surface area contributed by atoms with Crippen LogP contribution in [0.15, 0.2) is 48.5 Å². The molecule has 0 unspecified atom stereocenters. The molecular formula is C25H25N3O4S. The quantitative estimate of drug-likeness (QED) is 0.436. The average Bonchev–Trinajstić information content (AvgIpc) is 3.32. The van der Waals surface area contributed by atoms with Gasteiger partial charge in [0.1, 0.15) is 27.5 Å². The highest BCUT2D eigenvalue weighted by Gasteiger charge is 2.27. The van der Waals surface area contributed by atoms with Gasteiger partial charge in [-0.2, -0.15) is 0 Å². The Morgan fingerprint density at radius 1 is 0.848 bits per heavy atom. The van der Waals surface area contributed by atoms with Crippen molar-refractivity contribution in [3.63, 3.8) is 0 Å². The number of anilines is 1. The lowest BCUT2D eigenvalue weighted by molar-refractivity contribution is 0.0743. The van der Waals surface area contributed by atoms with Crippen molar-refractivity contribution in [1.29, 1.82) is 0 Å². The number of aromatic nitrogens is 1. The van der Waals surface area contributed by atoms with E-state index in [-0.39, 0.29) is 5.91 Å². The molecule has 1 aliphatic rings. The van der Waals surface area contributed by atoms with E-state index >= 15 is 0 Å². The fourth-order valence-electron chi connectivity index (χ4n) is 4.24. The first-order valence-corrected chi connectivity index (χ1v) is 11.6. The van der Waals surface area contributed by atoms with E-state index in [2.05, 4.69) is 4.90 Å². The van der Waals surface area contributed by atoms with Gasteiger partial charge in [0.15, 0.2) is 5.13 Å². The fourth-order valence-corrected chi connectivity index (χ4v) is 5.36. The van der Waals surface area contributed by atoms with E-state index in [0.29, 0.717) is 37.5 Å². The molecule has 33 heavy (non-hydrogen) atoms. The van der Waals surface area contributed by atoms with Gasteiger partial charge in [-0.25, -0.2) is 4.98 Å². The second-order valence-electron chi connectivity index (χ2n) is 7.82. The van der Waals surface area contributed by atoms with E-state index in [1.807, 2.05) is 53.4 Å². The molecule has 1 saturated heterocycles. The molecule has 0 aliphatic carbocycles. The predicted octanol–water partition coefficient (Wildman–Crippen LogP) is 4.44. The molecule has 0 bridgehead atoms. The molecule has 1 aromatic heterocycles. The first kappa shape index (κ1) is 21.3. The lowest BCUT2D eigenvalue weighted by Crippen LogP contribution is -2.48. The Morgan fingerprint density at radius 2 is 1.48 bits per heavy atom. The van der Waals surface area contributed by atoms with Crippen molar-refractivity contribution in [3.05, 3.63) is 54.1 Å². The number of ether oxygens (including phenoxy) is 3. The number of amides is 1. The summed E-state index contributed by atoms with van der Waals surface area (Å²) < 4.78 is 17.5. The van der Waals surface area contributed by atoms with E-state index < -0.39 is 0 Å². The van der Waals surface area contributed by atoms with Gasteiger partial charge >= 0.3 is 0 Å². The van der Waals surface area contributed by atoms with Crippen molar-refractivity contribution in [2.45, 2.75) is 0 Å². The molecule has 3 aromatic carbocycles. The maximum absolute atomic E-state index is 13.4. The summed E-state index contributed by atoms with van der Waals surface area (Å²) in [5.74, 6) is 2.11. The summed E-state index contributed by atoms with van der Waals surface area (Å²) in [5, 5.41) is 2.98. The van der Waals surface area contributed by atoms with Gasteiger partial charge in [0.2, 0.25) is 0 Å². The van der Waals surface area contributed by atoms with E-state index in [0.717, 1.165) is 37.6 Å². The second-order valence-corrected chi connectivity index (χ2v) is 8.80. The van der Waals surface area contributed by atoms with Crippen molar-refractivity contribution in [2.75, 3.05) is 52.4 Å². The molecule has 7 nitrogen and oxygen atoms in total. The smallest absolute Gasteiger partial charge is 0.257 e. The third-order valence-electron chi connectivity index (χ3n) is 6.03. The van der Waals surface area contributed by atoms with Crippen molar-refractivity contribution in [1.82, 2.24) is 9.88 Å². The minimum Gasteiger partial charge on any atom is -0.496 e. The van der Waals surface area contributed by atoms with Crippen LogP contribution in [0.2, 0.25) is 0 Å². The summed E-state index contributed by atoms with van der Waals surface area (Å²) >= 11 is 1.58. The van der Waals surface area contributed by atoms with Crippen LogP contribution in [0.3, 0.4) is 0 Å². The van der Waals surface area contributed by atoms with Gasteiger partial charge in [0, 0.05) is 26.2 Å². The van der Waals surface area contributed by atoms with Gasteiger partial charge < -0.3 is 24.0 Å². The first-order chi connectivity index (χ1) is 16.1. The monoisotopic (exact) mass is 463 g/mol. The molecule has 0 atom stereocenters. The lowest BCUT2D eigenvalue weighted by Gasteiger charge is -2.34. The molecule has 1 fully saturated rings. The number of benzene rings is 3. The number of carbonyl (C=O) groups is 1. The zero-order valence-corrected chi connectivity index (χ0v) is 19.6. The number of thiazole rings is 1. The van der Waals surface area contributed by atoms with E-state index in [1.54, 1.807) is 32.7 Å². The summed E-state index contributed by atoms with van der Waals surface area (Å²) in [6.07, 6.45) is 0. The van der Waals surface area contributed by atoms with Crippen LogP contribution >= 0.6 is 11.3 Å². The Hall–Kier alpha value is -3.52. The third kappa shape index (κ3) is 3.80. The molecule has 8 heteroatoms. The van der Waals surface area contributed by atoms with Gasteiger partial charge in [0.05, 0.1) is 26.9 Å². The van der Waals surface area contributed by atoms with Crippen LogP contribution < -0.4 is 19.1 Å². The van der Waals surface area contributed by atoms with Crippen LogP contribution in [-0.4, -0.2) is 63.3 Å². The lowest BCUT2D eigenvalue weighted by atomic mass is 10.0. The normalized spacial score (nSPS) is 14.0.